The highest BCUT2D eigenvalue weighted by Crippen LogP contribution is 2.27. The number of halogens is 1. The van der Waals surface area contributed by atoms with Gasteiger partial charge in [0, 0.05) is 26.1 Å². The monoisotopic (exact) mass is 487 g/mol. The smallest absolute Gasteiger partial charge is 0.408 e. The van der Waals surface area contributed by atoms with Gasteiger partial charge in [0.2, 0.25) is 5.95 Å². The highest BCUT2D eigenvalue weighted by Gasteiger charge is 2.28. The van der Waals surface area contributed by atoms with Crippen molar-refractivity contribution in [3.05, 3.63) is 41.8 Å². The molecule has 9 nitrogen and oxygen atoms in total. The maximum Gasteiger partial charge on any atom is 0.408 e. The number of rotatable bonds is 6. The van der Waals surface area contributed by atoms with E-state index in [0.717, 1.165) is 17.7 Å². The molecule has 2 saturated heterocycles. The minimum atomic E-state index is -0.546. The number of carbonyl (C=O) groups is 1. The molecule has 2 aliphatic heterocycles. The molecule has 1 N–H and O–H groups in total. The molecule has 190 valence electrons. The first-order chi connectivity index (χ1) is 16.7. The number of amides is 1. The Labute approximate surface area is 205 Å². The molecular weight excluding hydrogens is 453 g/mol. The molecule has 1 aromatic heterocycles. The molecule has 2 fully saturated rings. The van der Waals surface area contributed by atoms with Crippen molar-refractivity contribution < 1.29 is 23.4 Å². The van der Waals surface area contributed by atoms with Gasteiger partial charge in [0.25, 0.3) is 0 Å². The van der Waals surface area contributed by atoms with Crippen LogP contribution in [0.5, 0.6) is 5.75 Å². The van der Waals surface area contributed by atoms with Gasteiger partial charge < -0.3 is 29.3 Å². The van der Waals surface area contributed by atoms with Gasteiger partial charge in [-0.25, -0.2) is 14.2 Å². The van der Waals surface area contributed by atoms with Crippen LogP contribution in [0.3, 0.4) is 0 Å². The van der Waals surface area contributed by atoms with Gasteiger partial charge in [-0.2, -0.15) is 4.98 Å². The summed E-state index contributed by atoms with van der Waals surface area (Å²) in [6.07, 6.45) is 1.46. The summed E-state index contributed by atoms with van der Waals surface area (Å²) in [6.45, 7) is 11.2. The molecule has 4 rings (SSSR count). The first kappa shape index (κ1) is 25.0. The Hall–Kier alpha value is -3.14. The quantitative estimate of drug-likeness (QED) is 0.660. The fraction of sp³-hybridized carbons (Fsp3) is 0.560. The number of alkyl carbamates (subject to hydrolysis) is 1. The van der Waals surface area contributed by atoms with E-state index in [1.807, 2.05) is 61.8 Å². The standard InChI is InChI=1S/C25H34FN5O4/c1-17(28-24(32)35-25(2,3)4)18-5-7-19(8-6-18)34-20-9-10-31(16-20)22-21(26)15-27-23(29-22)30-11-13-33-14-12-30/h5-8,15,17,20H,9-14,16H2,1-4H3,(H,28,32)/t17-,20+/m0/s1. The van der Waals surface area contributed by atoms with Gasteiger partial charge in [0.05, 0.1) is 32.0 Å². The number of aromatic nitrogens is 2. The molecule has 0 aliphatic carbocycles. The van der Waals surface area contributed by atoms with Crippen LogP contribution in [-0.4, -0.2) is 67.2 Å². The number of nitrogens with zero attached hydrogens (tertiary/aromatic N) is 4. The van der Waals surface area contributed by atoms with Crippen LogP contribution in [0.25, 0.3) is 0 Å². The zero-order valence-corrected chi connectivity index (χ0v) is 20.8. The van der Waals surface area contributed by atoms with Gasteiger partial charge in [0.1, 0.15) is 17.5 Å². The molecule has 2 aliphatic rings. The summed E-state index contributed by atoms with van der Waals surface area (Å²) in [4.78, 5) is 24.6. The number of nitrogens with one attached hydrogen (secondary N) is 1. The van der Waals surface area contributed by atoms with Crippen LogP contribution in [0.15, 0.2) is 30.5 Å². The maximum absolute atomic E-state index is 14.6. The van der Waals surface area contributed by atoms with Gasteiger partial charge in [-0.05, 0) is 45.4 Å². The fourth-order valence-corrected chi connectivity index (χ4v) is 4.10. The Kier molecular flexibility index (Phi) is 7.59. The van der Waals surface area contributed by atoms with Crippen molar-refractivity contribution in [2.24, 2.45) is 0 Å². The summed E-state index contributed by atoms with van der Waals surface area (Å²) >= 11 is 0. The number of morpholine rings is 1. The molecular formula is C25H34FN5O4. The fourth-order valence-electron chi connectivity index (χ4n) is 4.10. The predicted molar refractivity (Wildman–Crippen MR) is 130 cm³/mol. The van der Waals surface area contributed by atoms with E-state index in [-0.39, 0.29) is 12.1 Å². The van der Waals surface area contributed by atoms with Crippen LogP contribution in [0.2, 0.25) is 0 Å². The van der Waals surface area contributed by atoms with Crippen LogP contribution in [0.1, 0.15) is 45.7 Å². The lowest BCUT2D eigenvalue weighted by Crippen LogP contribution is -2.37. The Morgan fingerprint density at radius 1 is 1.17 bits per heavy atom. The Morgan fingerprint density at radius 3 is 2.57 bits per heavy atom. The Morgan fingerprint density at radius 2 is 1.89 bits per heavy atom. The Bertz CT molecular complexity index is 1010. The molecule has 35 heavy (non-hydrogen) atoms. The second-order valence-electron chi connectivity index (χ2n) is 9.85. The lowest BCUT2D eigenvalue weighted by Gasteiger charge is -2.27. The van der Waals surface area contributed by atoms with Crippen LogP contribution >= 0.6 is 0 Å². The third-order valence-corrected chi connectivity index (χ3v) is 5.87. The van der Waals surface area contributed by atoms with Crippen molar-refractivity contribution in [3.63, 3.8) is 0 Å². The van der Waals surface area contributed by atoms with E-state index in [1.54, 1.807) is 0 Å². The molecule has 3 heterocycles. The van der Waals surface area contributed by atoms with Crippen molar-refractivity contribution >= 4 is 17.9 Å². The highest BCUT2D eigenvalue weighted by atomic mass is 19.1. The van der Waals surface area contributed by atoms with Crippen molar-refractivity contribution in [3.8, 4) is 5.75 Å². The molecule has 0 radical (unpaired) electrons. The van der Waals surface area contributed by atoms with Gasteiger partial charge in [0.15, 0.2) is 11.6 Å². The summed E-state index contributed by atoms with van der Waals surface area (Å²) in [7, 11) is 0. The Balaban J connectivity index is 1.32. The SMILES string of the molecule is C[C@H](NC(=O)OC(C)(C)C)c1ccc(O[C@@H]2CCN(c3nc(N4CCOCC4)ncc3F)C2)cc1. The average molecular weight is 488 g/mol. The summed E-state index contributed by atoms with van der Waals surface area (Å²) in [5.74, 6) is 1.13. The van der Waals surface area contributed by atoms with E-state index >= 15 is 0 Å². The lowest BCUT2D eigenvalue weighted by molar-refractivity contribution is 0.0508. The normalized spacial score (nSPS) is 19.4. The number of ether oxygens (including phenoxy) is 3. The average Bonchev–Trinajstić information content (AvgIpc) is 3.27. The van der Waals surface area contributed by atoms with Gasteiger partial charge in [-0.1, -0.05) is 12.1 Å². The lowest BCUT2D eigenvalue weighted by atomic mass is 10.1. The van der Waals surface area contributed by atoms with E-state index in [1.165, 1.54) is 6.20 Å². The third kappa shape index (κ3) is 6.72. The molecule has 0 unspecified atom stereocenters. The molecule has 2 atom stereocenters. The maximum atomic E-state index is 14.6. The minimum absolute atomic E-state index is 0.0839. The van der Waals surface area contributed by atoms with Gasteiger partial charge >= 0.3 is 6.09 Å². The van der Waals surface area contributed by atoms with Crippen molar-refractivity contribution in [2.45, 2.75) is 51.9 Å². The van der Waals surface area contributed by atoms with E-state index in [0.29, 0.717) is 51.2 Å². The van der Waals surface area contributed by atoms with Crippen molar-refractivity contribution in [1.82, 2.24) is 15.3 Å². The molecule has 1 aromatic carbocycles. The zero-order valence-electron chi connectivity index (χ0n) is 20.8. The van der Waals surface area contributed by atoms with E-state index in [2.05, 4.69) is 15.3 Å². The summed E-state index contributed by atoms with van der Waals surface area (Å²) < 4.78 is 31.4. The third-order valence-electron chi connectivity index (χ3n) is 5.87. The molecule has 0 saturated carbocycles. The topological polar surface area (TPSA) is 89.1 Å². The molecule has 10 heteroatoms. The summed E-state index contributed by atoms with van der Waals surface area (Å²) in [5, 5.41) is 2.84. The number of hydrogen-bond donors (Lipinski definition) is 1. The minimum Gasteiger partial charge on any atom is -0.489 e. The molecule has 0 spiro atoms. The molecule has 0 bridgehead atoms. The van der Waals surface area contributed by atoms with Crippen molar-refractivity contribution in [1.29, 1.82) is 0 Å². The van der Waals surface area contributed by atoms with E-state index in [9.17, 15) is 9.18 Å². The second-order valence-corrected chi connectivity index (χ2v) is 9.85. The highest BCUT2D eigenvalue weighted by molar-refractivity contribution is 5.68. The number of anilines is 2. The van der Waals surface area contributed by atoms with Crippen LogP contribution in [-0.2, 0) is 9.47 Å². The zero-order chi connectivity index (χ0) is 25.0. The second kappa shape index (κ2) is 10.6. The molecule has 2 aromatic rings. The van der Waals surface area contributed by atoms with Crippen LogP contribution in [0, 0.1) is 5.82 Å². The van der Waals surface area contributed by atoms with Crippen molar-refractivity contribution in [2.75, 3.05) is 49.2 Å². The summed E-state index contributed by atoms with van der Waals surface area (Å²) in [5.41, 5.74) is 0.394. The first-order valence-corrected chi connectivity index (χ1v) is 12.0. The predicted octanol–water partition coefficient (Wildman–Crippen LogP) is 3.70. The van der Waals surface area contributed by atoms with E-state index < -0.39 is 17.5 Å². The van der Waals surface area contributed by atoms with E-state index in [4.69, 9.17) is 14.2 Å². The number of hydrogen-bond acceptors (Lipinski definition) is 8. The summed E-state index contributed by atoms with van der Waals surface area (Å²) in [6, 6.07) is 7.40. The van der Waals surface area contributed by atoms with Crippen LogP contribution < -0.4 is 19.9 Å². The van der Waals surface area contributed by atoms with Gasteiger partial charge in [-0.15, -0.1) is 0 Å². The number of carbonyl (C=O) groups excluding carboxylic acids is 1. The van der Waals surface area contributed by atoms with Gasteiger partial charge in [-0.3, -0.25) is 0 Å². The van der Waals surface area contributed by atoms with Crippen LogP contribution in [0.4, 0.5) is 21.0 Å². The molecule has 1 amide bonds. The largest absolute Gasteiger partial charge is 0.489 e. The first-order valence-electron chi connectivity index (χ1n) is 12.0. The number of benzene rings is 1.